The Balaban J connectivity index is 2.00. The SMILES string of the molecule is CNC(C)c1cccc(NC(=O)N2CCSCC2)c1. The summed E-state index contributed by atoms with van der Waals surface area (Å²) in [5, 5.41) is 6.18. The van der Waals surface area contributed by atoms with E-state index in [4.69, 9.17) is 0 Å². The number of amides is 2. The number of urea groups is 1. The van der Waals surface area contributed by atoms with Crippen molar-refractivity contribution in [3.63, 3.8) is 0 Å². The van der Waals surface area contributed by atoms with Crippen molar-refractivity contribution >= 4 is 23.5 Å². The Morgan fingerprint density at radius 3 is 2.79 bits per heavy atom. The number of hydrogen-bond donors (Lipinski definition) is 2. The molecular formula is C14H21N3OS. The number of rotatable bonds is 3. The van der Waals surface area contributed by atoms with Crippen LogP contribution in [0.2, 0.25) is 0 Å². The van der Waals surface area contributed by atoms with Gasteiger partial charge in [0.2, 0.25) is 0 Å². The van der Waals surface area contributed by atoms with Crippen LogP contribution in [0, 0.1) is 0 Å². The van der Waals surface area contributed by atoms with Gasteiger partial charge in [0.25, 0.3) is 0 Å². The lowest BCUT2D eigenvalue weighted by Crippen LogP contribution is -2.40. The molecule has 104 valence electrons. The summed E-state index contributed by atoms with van der Waals surface area (Å²) in [6, 6.07) is 8.29. The van der Waals surface area contributed by atoms with Gasteiger partial charge in [-0.25, -0.2) is 4.79 Å². The Morgan fingerprint density at radius 2 is 2.11 bits per heavy atom. The van der Waals surface area contributed by atoms with Crippen LogP contribution in [-0.2, 0) is 0 Å². The molecule has 0 spiro atoms. The molecule has 1 saturated heterocycles. The summed E-state index contributed by atoms with van der Waals surface area (Å²) in [5.74, 6) is 2.06. The molecule has 19 heavy (non-hydrogen) atoms. The first-order chi connectivity index (χ1) is 9.20. The maximum Gasteiger partial charge on any atom is 0.321 e. The van der Waals surface area contributed by atoms with Gasteiger partial charge < -0.3 is 15.5 Å². The van der Waals surface area contributed by atoms with Crippen molar-refractivity contribution in [1.82, 2.24) is 10.2 Å². The molecule has 0 saturated carbocycles. The molecule has 0 aliphatic carbocycles. The van der Waals surface area contributed by atoms with Crippen molar-refractivity contribution in [2.75, 3.05) is 37.0 Å². The van der Waals surface area contributed by atoms with E-state index >= 15 is 0 Å². The molecule has 2 amide bonds. The maximum atomic E-state index is 12.1. The molecule has 2 N–H and O–H groups in total. The van der Waals surface area contributed by atoms with E-state index in [9.17, 15) is 4.79 Å². The van der Waals surface area contributed by atoms with Gasteiger partial charge in [-0.2, -0.15) is 11.8 Å². The molecule has 1 aromatic carbocycles. The third-order valence-electron chi connectivity index (χ3n) is 3.37. The summed E-state index contributed by atoms with van der Waals surface area (Å²) in [6.45, 7) is 3.77. The molecular weight excluding hydrogens is 258 g/mol. The van der Waals surface area contributed by atoms with Crippen molar-refractivity contribution in [3.05, 3.63) is 29.8 Å². The molecule has 4 nitrogen and oxygen atoms in total. The Morgan fingerprint density at radius 1 is 1.37 bits per heavy atom. The fourth-order valence-corrected chi connectivity index (χ4v) is 2.92. The van der Waals surface area contributed by atoms with Gasteiger partial charge in [-0.1, -0.05) is 12.1 Å². The lowest BCUT2D eigenvalue weighted by Gasteiger charge is -2.26. The van der Waals surface area contributed by atoms with E-state index in [2.05, 4.69) is 23.6 Å². The number of nitrogens with zero attached hydrogens (tertiary/aromatic N) is 1. The average molecular weight is 279 g/mol. The van der Waals surface area contributed by atoms with Crippen molar-refractivity contribution in [2.24, 2.45) is 0 Å². The van der Waals surface area contributed by atoms with Gasteiger partial charge in [-0.3, -0.25) is 0 Å². The fraction of sp³-hybridized carbons (Fsp3) is 0.500. The standard InChI is InChI=1S/C14H21N3OS/c1-11(15-2)12-4-3-5-13(10-12)16-14(18)17-6-8-19-9-7-17/h3-5,10-11,15H,6-9H2,1-2H3,(H,16,18). The number of carbonyl (C=O) groups excluding carboxylic acids is 1. The van der Waals surface area contributed by atoms with Crippen LogP contribution in [0.5, 0.6) is 0 Å². The lowest BCUT2D eigenvalue weighted by atomic mass is 10.1. The summed E-state index contributed by atoms with van der Waals surface area (Å²) in [5.41, 5.74) is 2.04. The van der Waals surface area contributed by atoms with Crippen LogP contribution in [0.3, 0.4) is 0 Å². The van der Waals surface area contributed by atoms with Gasteiger partial charge in [0.1, 0.15) is 0 Å². The number of nitrogens with one attached hydrogen (secondary N) is 2. The molecule has 1 heterocycles. The molecule has 1 unspecified atom stereocenters. The van der Waals surface area contributed by atoms with Gasteiger partial charge in [0, 0.05) is 36.3 Å². The zero-order chi connectivity index (χ0) is 13.7. The largest absolute Gasteiger partial charge is 0.323 e. The third-order valence-corrected chi connectivity index (χ3v) is 4.31. The van der Waals surface area contributed by atoms with Crippen LogP contribution in [0.15, 0.2) is 24.3 Å². The number of benzene rings is 1. The van der Waals surface area contributed by atoms with Crippen molar-refractivity contribution in [2.45, 2.75) is 13.0 Å². The van der Waals surface area contributed by atoms with E-state index in [1.54, 1.807) is 0 Å². The second kappa shape index (κ2) is 6.82. The minimum absolute atomic E-state index is 0.00885. The predicted octanol–water partition coefficient (Wildman–Crippen LogP) is 2.55. The molecule has 0 radical (unpaired) electrons. The highest BCUT2D eigenvalue weighted by Gasteiger charge is 2.16. The van der Waals surface area contributed by atoms with Crippen LogP contribution in [0.4, 0.5) is 10.5 Å². The summed E-state index contributed by atoms with van der Waals surface area (Å²) < 4.78 is 0. The Labute approximate surface area is 118 Å². The van der Waals surface area contributed by atoms with Gasteiger partial charge in [0.15, 0.2) is 0 Å². The van der Waals surface area contributed by atoms with Crippen LogP contribution < -0.4 is 10.6 Å². The highest BCUT2D eigenvalue weighted by Crippen LogP contribution is 2.18. The summed E-state index contributed by atoms with van der Waals surface area (Å²) in [7, 11) is 1.93. The smallest absolute Gasteiger partial charge is 0.321 e. The second-order valence-electron chi connectivity index (χ2n) is 4.67. The summed E-state index contributed by atoms with van der Waals surface area (Å²) in [4.78, 5) is 14.0. The van der Waals surface area contributed by atoms with Gasteiger partial charge in [-0.15, -0.1) is 0 Å². The van der Waals surface area contributed by atoms with E-state index in [0.29, 0.717) is 0 Å². The molecule has 5 heteroatoms. The quantitative estimate of drug-likeness (QED) is 0.893. The number of carbonyl (C=O) groups is 1. The van der Waals surface area contributed by atoms with Crippen LogP contribution in [-0.4, -0.2) is 42.6 Å². The van der Waals surface area contributed by atoms with E-state index < -0.39 is 0 Å². The first-order valence-electron chi connectivity index (χ1n) is 6.61. The molecule has 1 aromatic rings. The second-order valence-corrected chi connectivity index (χ2v) is 5.89. The fourth-order valence-electron chi connectivity index (χ4n) is 2.02. The van der Waals surface area contributed by atoms with Crippen LogP contribution in [0.1, 0.15) is 18.5 Å². The van der Waals surface area contributed by atoms with E-state index in [-0.39, 0.29) is 12.1 Å². The number of thioether (sulfide) groups is 1. The van der Waals surface area contributed by atoms with Gasteiger partial charge in [0.05, 0.1) is 0 Å². The van der Waals surface area contributed by atoms with E-state index in [1.807, 2.05) is 41.9 Å². The van der Waals surface area contributed by atoms with Crippen molar-refractivity contribution < 1.29 is 4.79 Å². The predicted molar refractivity (Wildman–Crippen MR) is 81.8 cm³/mol. The van der Waals surface area contributed by atoms with E-state index in [0.717, 1.165) is 30.3 Å². The minimum atomic E-state index is 0.00885. The minimum Gasteiger partial charge on any atom is -0.323 e. The zero-order valence-corrected chi connectivity index (χ0v) is 12.3. The topological polar surface area (TPSA) is 44.4 Å². The Bertz CT molecular complexity index is 432. The first kappa shape index (κ1) is 14.2. The summed E-state index contributed by atoms with van der Waals surface area (Å²) >= 11 is 1.90. The third kappa shape index (κ3) is 3.88. The number of hydrogen-bond acceptors (Lipinski definition) is 3. The highest BCUT2D eigenvalue weighted by atomic mass is 32.2. The summed E-state index contributed by atoms with van der Waals surface area (Å²) in [6.07, 6.45) is 0. The zero-order valence-electron chi connectivity index (χ0n) is 11.5. The van der Waals surface area contributed by atoms with Crippen LogP contribution in [0.25, 0.3) is 0 Å². The molecule has 2 rings (SSSR count). The molecule has 0 aromatic heterocycles. The molecule has 1 fully saturated rings. The molecule has 1 atom stereocenters. The highest BCUT2D eigenvalue weighted by molar-refractivity contribution is 7.99. The Kier molecular flexibility index (Phi) is 5.10. The Hall–Kier alpha value is -1.20. The van der Waals surface area contributed by atoms with Gasteiger partial charge in [-0.05, 0) is 31.7 Å². The van der Waals surface area contributed by atoms with Crippen molar-refractivity contribution in [1.29, 1.82) is 0 Å². The lowest BCUT2D eigenvalue weighted by molar-refractivity contribution is 0.217. The van der Waals surface area contributed by atoms with Crippen molar-refractivity contribution in [3.8, 4) is 0 Å². The molecule has 0 bridgehead atoms. The van der Waals surface area contributed by atoms with Gasteiger partial charge >= 0.3 is 6.03 Å². The van der Waals surface area contributed by atoms with Crippen LogP contribution >= 0.6 is 11.8 Å². The maximum absolute atomic E-state index is 12.1. The molecule has 1 aliphatic rings. The normalized spacial score (nSPS) is 17.1. The first-order valence-corrected chi connectivity index (χ1v) is 7.77. The number of anilines is 1. The van der Waals surface area contributed by atoms with E-state index in [1.165, 1.54) is 5.56 Å². The monoisotopic (exact) mass is 279 g/mol. The average Bonchev–Trinajstić information content (AvgIpc) is 2.47. The molecule has 1 aliphatic heterocycles.